The third-order valence-corrected chi connectivity index (χ3v) is 4.81. The van der Waals surface area contributed by atoms with E-state index in [0.29, 0.717) is 17.7 Å². The Labute approximate surface area is 141 Å². The molecule has 2 saturated heterocycles. The minimum atomic E-state index is 0. The van der Waals surface area contributed by atoms with Gasteiger partial charge in [0.25, 0.3) is 0 Å². The highest BCUT2D eigenvalue weighted by Crippen LogP contribution is 2.23. The largest absolute Gasteiger partial charge is 0.340 e. The van der Waals surface area contributed by atoms with E-state index in [4.69, 9.17) is 0 Å². The van der Waals surface area contributed by atoms with Gasteiger partial charge < -0.3 is 15.1 Å². The van der Waals surface area contributed by atoms with Gasteiger partial charge in [0.2, 0.25) is 5.91 Å². The maximum Gasteiger partial charge on any atom is 0.222 e. The number of likely N-dealkylation sites (N-methyl/N-ethyl adjacent to an activating group) is 1. The van der Waals surface area contributed by atoms with E-state index in [-0.39, 0.29) is 24.8 Å². The zero-order valence-electron chi connectivity index (χ0n) is 13.3. The average Bonchev–Trinajstić information content (AvgIpc) is 2.48. The summed E-state index contributed by atoms with van der Waals surface area (Å²) < 4.78 is 0. The number of rotatable bonds is 4. The number of halogens is 2. The fourth-order valence-corrected chi connectivity index (χ4v) is 3.25. The third kappa shape index (κ3) is 6.31. The molecule has 2 unspecified atom stereocenters. The van der Waals surface area contributed by atoms with Crippen molar-refractivity contribution in [3.05, 3.63) is 0 Å². The van der Waals surface area contributed by atoms with Gasteiger partial charge in [0, 0.05) is 32.6 Å². The Bertz CT molecular complexity index is 291. The second-order valence-corrected chi connectivity index (χ2v) is 6.10. The van der Waals surface area contributed by atoms with Crippen LogP contribution in [0, 0.1) is 11.8 Å². The van der Waals surface area contributed by atoms with Crippen molar-refractivity contribution in [2.24, 2.45) is 11.8 Å². The molecule has 4 nitrogen and oxygen atoms in total. The van der Waals surface area contributed by atoms with Crippen LogP contribution in [-0.4, -0.2) is 61.5 Å². The Kier molecular flexibility index (Phi) is 10.6. The minimum Gasteiger partial charge on any atom is -0.340 e. The SMILES string of the molecule is CCN1CCN(C(=O)CC(C)C2CCCNC2)CC1.Cl.Cl. The molecule has 2 fully saturated rings. The van der Waals surface area contributed by atoms with Crippen LogP contribution in [0.3, 0.4) is 0 Å². The summed E-state index contributed by atoms with van der Waals surface area (Å²) in [5, 5.41) is 3.45. The van der Waals surface area contributed by atoms with E-state index in [1.165, 1.54) is 12.8 Å². The molecule has 2 heterocycles. The number of amides is 1. The molecule has 0 aromatic carbocycles. The lowest BCUT2D eigenvalue weighted by molar-refractivity contribution is -0.134. The average molecular weight is 340 g/mol. The topological polar surface area (TPSA) is 35.6 Å². The van der Waals surface area contributed by atoms with Crippen LogP contribution in [-0.2, 0) is 4.79 Å². The van der Waals surface area contributed by atoms with Gasteiger partial charge in [0.15, 0.2) is 0 Å². The van der Waals surface area contributed by atoms with Gasteiger partial charge in [0.1, 0.15) is 0 Å². The third-order valence-electron chi connectivity index (χ3n) is 4.81. The van der Waals surface area contributed by atoms with E-state index in [1.807, 2.05) is 0 Å². The van der Waals surface area contributed by atoms with Crippen LogP contribution in [0.4, 0.5) is 0 Å². The number of carbonyl (C=O) groups is 1. The molecule has 0 bridgehead atoms. The van der Waals surface area contributed by atoms with E-state index in [1.54, 1.807) is 0 Å². The lowest BCUT2D eigenvalue weighted by atomic mass is 9.85. The first-order valence-electron chi connectivity index (χ1n) is 7.91. The summed E-state index contributed by atoms with van der Waals surface area (Å²) in [6.45, 7) is 11.7. The quantitative estimate of drug-likeness (QED) is 0.851. The molecule has 0 spiro atoms. The molecule has 126 valence electrons. The fourth-order valence-electron chi connectivity index (χ4n) is 3.25. The predicted octanol–water partition coefficient (Wildman–Crippen LogP) is 2.02. The van der Waals surface area contributed by atoms with Gasteiger partial charge in [-0.2, -0.15) is 0 Å². The van der Waals surface area contributed by atoms with Gasteiger partial charge in [-0.3, -0.25) is 4.79 Å². The highest BCUT2D eigenvalue weighted by Gasteiger charge is 2.25. The molecule has 2 aliphatic heterocycles. The Morgan fingerprint density at radius 3 is 2.43 bits per heavy atom. The molecule has 0 aromatic heterocycles. The number of nitrogens with one attached hydrogen (secondary N) is 1. The van der Waals surface area contributed by atoms with Crippen LogP contribution in [0.1, 0.15) is 33.1 Å². The van der Waals surface area contributed by atoms with Gasteiger partial charge in [-0.05, 0) is 44.3 Å². The second-order valence-electron chi connectivity index (χ2n) is 6.10. The minimum absolute atomic E-state index is 0. The Morgan fingerprint density at radius 1 is 1.24 bits per heavy atom. The Hall–Kier alpha value is -0.0300. The lowest BCUT2D eigenvalue weighted by Crippen LogP contribution is -2.49. The van der Waals surface area contributed by atoms with Crippen molar-refractivity contribution in [3.8, 4) is 0 Å². The summed E-state index contributed by atoms with van der Waals surface area (Å²) >= 11 is 0. The van der Waals surface area contributed by atoms with Crippen LogP contribution in [0.5, 0.6) is 0 Å². The predicted molar refractivity (Wildman–Crippen MR) is 92.6 cm³/mol. The first-order chi connectivity index (χ1) is 9.20. The normalized spacial score (nSPS) is 24.7. The number of hydrogen-bond acceptors (Lipinski definition) is 3. The maximum atomic E-state index is 12.3. The molecule has 0 radical (unpaired) electrons. The molecule has 1 amide bonds. The van der Waals surface area contributed by atoms with Crippen LogP contribution < -0.4 is 5.32 Å². The first kappa shape index (κ1) is 21.0. The molecular weight excluding hydrogens is 309 g/mol. The number of carbonyl (C=O) groups excluding carboxylic acids is 1. The zero-order chi connectivity index (χ0) is 13.7. The molecule has 1 N–H and O–H groups in total. The second kappa shape index (κ2) is 10.7. The number of piperazine rings is 1. The Balaban J connectivity index is 0.00000200. The standard InChI is InChI=1S/C15H29N3O.2ClH/c1-3-17-7-9-18(10-8-17)15(19)11-13(2)14-5-4-6-16-12-14;;/h13-14,16H,3-12H2,1-2H3;2*1H. The summed E-state index contributed by atoms with van der Waals surface area (Å²) in [6.07, 6.45) is 3.28. The molecule has 2 atom stereocenters. The van der Waals surface area contributed by atoms with Crippen molar-refractivity contribution >= 4 is 30.7 Å². The van der Waals surface area contributed by atoms with E-state index in [9.17, 15) is 4.79 Å². The molecular formula is C15H31Cl2N3O. The fraction of sp³-hybridized carbons (Fsp3) is 0.933. The summed E-state index contributed by atoms with van der Waals surface area (Å²) in [6, 6.07) is 0. The molecule has 21 heavy (non-hydrogen) atoms. The van der Waals surface area contributed by atoms with Crippen molar-refractivity contribution in [2.75, 3.05) is 45.8 Å². The van der Waals surface area contributed by atoms with Gasteiger partial charge in [-0.15, -0.1) is 24.8 Å². The molecule has 2 aliphatic rings. The van der Waals surface area contributed by atoms with E-state index in [2.05, 4.69) is 29.0 Å². The molecule has 0 aromatic rings. The van der Waals surface area contributed by atoms with Gasteiger partial charge >= 0.3 is 0 Å². The van der Waals surface area contributed by atoms with E-state index < -0.39 is 0 Å². The van der Waals surface area contributed by atoms with Gasteiger partial charge in [0.05, 0.1) is 0 Å². The molecule has 6 heteroatoms. The monoisotopic (exact) mass is 339 g/mol. The first-order valence-corrected chi connectivity index (χ1v) is 7.91. The van der Waals surface area contributed by atoms with E-state index >= 15 is 0 Å². The van der Waals surface area contributed by atoms with Crippen LogP contribution in [0.15, 0.2) is 0 Å². The van der Waals surface area contributed by atoms with Crippen molar-refractivity contribution < 1.29 is 4.79 Å². The lowest BCUT2D eigenvalue weighted by Gasteiger charge is -2.35. The summed E-state index contributed by atoms with van der Waals surface area (Å²) in [5.74, 6) is 1.58. The maximum absolute atomic E-state index is 12.3. The number of piperidine rings is 1. The van der Waals surface area contributed by atoms with Crippen molar-refractivity contribution in [1.82, 2.24) is 15.1 Å². The summed E-state index contributed by atoms with van der Waals surface area (Å²) in [4.78, 5) is 16.8. The smallest absolute Gasteiger partial charge is 0.222 e. The highest BCUT2D eigenvalue weighted by molar-refractivity contribution is 5.85. The summed E-state index contributed by atoms with van der Waals surface area (Å²) in [5.41, 5.74) is 0. The number of hydrogen-bond donors (Lipinski definition) is 1. The number of nitrogens with zero attached hydrogens (tertiary/aromatic N) is 2. The molecule has 2 rings (SSSR count). The van der Waals surface area contributed by atoms with Crippen molar-refractivity contribution in [1.29, 1.82) is 0 Å². The summed E-state index contributed by atoms with van der Waals surface area (Å²) in [7, 11) is 0. The van der Waals surface area contributed by atoms with Gasteiger partial charge in [-0.1, -0.05) is 13.8 Å². The van der Waals surface area contributed by atoms with Crippen LogP contribution >= 0.6 is 24.8 Å². The van der Waals surface area contributed by atoms with E-state index in [0.717, 1.165) is 52.2 Å². The van der Waals surface area contributed by atoms with Crippen LogP contribution in [0.2, 0.25) is 0 Å². The van der Waals surface area contributed by atoms with Crippen molar-refractivity contribution in [2.45, 2.75) is 33.1 Å². The van der Waals surface area contributed by atoms with Gasteiger partial charge in [-0.25, -0.2) is 0 Å². The Morgan fingerprint density at radius 2 is 1.90 bits per heavy atom. The van der Waals surface area contributed by atoms with Crippen molar-refractivity contribution in [3.63, 3.8) is 0 Å². The molecule has 0 saturated carbocycles. The highest BCUT2D eigenvalue weighted by atomic mass is 35.5. The molecule has 0 aliphatic carbocycles. The zero-order valence-corrected chi connectivity index (χ0v) is 15.0. The van der Waals surface area contributed by atoms with Crippen LogP contribution in [0.25, 0.3) is 0 Å².